The number of hydrogen-bond donors (Lipinski definition) is 2. The largest absolute Gasteiger partial charge is 0.294 e. The zero-order valence-corrected chi connectivity index (χ0v) is 16.3. The van der Waals surface area contributed by atoms with Crippen molar-refractivity contribution in [1.29, 1.82) is 0 Å². The first kappa shape index (κ1) is 17.8. The summed E-state index contributed by atoms with van der Waals surface area (Å²) in [5.41, 5.74) is 6.08. The van der Waals surface area contributed by atoms with Gasteiger partial charge in [0.05, 0.1) is 12.1 Å². The Bertz CT molecular complexity index is 1050. The van der Waals surface area contributed by atoms with Crippen molar-refractivity contribution in [3.8, 4) is 5.00 Å². The summed E-state index contributed by atoms with van der Waals surface area (Å²) in [4.78, 5) is 18.1. The topological polar surface area (TPSA) is 98.2 Å². The summed E-state index contributed by atoms with van der Waals surface area (Å²) in [6.07, 6.45) is 1.75. The number of rotatable bonds is 3. The zero-order valence-electron chi connectivity index (χ0n) is 14.7. The Hall–Kier alpha value is -2.55. The Labute approximate surface area is 164 Å². The van der Waals surface area contributed by atoms with Crippen LogP contribution in [0.15, 0.2) is 35.6 Å². The smallest absolute Gasteiger partial charge is 0.236 e. The van der Waals surface area contributed by atoms with E-state index in [-0.39, 0.29) is 12.3 Å². The molecule has 1 aromatic carbocycles. The van der Waals surface area contributed by atoms with Gasteiger partial charge >= 0.3 is 0 Å². The molecule has 1 aliphatic heterocycles. The lowest BCUT2D eigenvalue weighted by molar-refractivity contribution is -0.121. The van der Waals surface area contributed by atoms with Crippen molar-refractivity contribution in [2.24, 2.45) is 10.8 Å². The van der Waals surface area contributed by atoms with E-state index >= 15 is 0 Å². The molecule has 1 aliphatic rings. The number of thiophene rings is 1. The highest BCUT2D eigenvalue weighted by molar-refractivity contribution is 7.15. The minimum atomic E-state index is -0.499. The van der Waals surface area contributed by atoms with E-state index in [1.807, 2.05) is 28.8 Å². The first-order valence-electron chi connectivity index (χ1n) is 8.33. The molecule has 0 aliphatic carbocycles. The Morgan fingerprint density at radius 2 is 2.07 bits per heavy atom. The molecule has 3 heterocycles. The normalized spacial score (nSPS) is 15.6. The number of amides is 1. The van der Waals surface area contributed by atoms with Crippen molar-refractivity contribution in [3.05, 3.63) is 63.0 Å². The maximum absolute atomic E-state index is 12.0. The number of aliphatic imine (C=N–C) groups is 1. The molecule has 0 spiro atoms. The van der Waals surface area contributed by atoms with Gasteiger partial charge in [0, 0.05) is 21.0 Å². The number of benzene rings is 1. The molecule has 0 radical (unpaired) electrons. The fraction of sp³-hybridized carbons (Fsp3) is 0.222. The van der Waals surface area contributed by atoms with Crippen molar-refractivity contribution >= 4 is 34.6 Å². The predicted octanol–water partition coefficient (Wildman–Crippen LogP) is 2.87. The van der Waals surface area contributed by atoms with Gasteiger partial charge in [-0.15, -0.1) is 21.5 Å². The number of nitrogens with two attached hydrogens (primary N) is 1. The fourth-order valence-electron chi connectivity index (χ4n) is 3.16. The van der Waals surface area contributed by atoms with E-state index in [0.29, 0.717) is 10.8 Å². The summed E-state index contributed by atoms with van der Waals surface area (Å²) in [5, 5.41) is 9.93. The summed E-state index contributed by atoms with van der Waals surface area (Å²) in [6.45, 7) is 4.16. The average molecular weight is 401 g/mol. The molecule has 0 saturated heterocycles. The summed E-state index contributed by atoms with van der Waals surface area (Å²) in [7, 11) is 0. The molecular weight excluding hydrogens is 384 g/mol. The number of fused-ring (bicyclic) bond motifs is 3. The van der Waals surface area contributed by atoms with Crippen molar-refractivity contribution in [2.45, 2.75) is 26.3 Å². The molecule has 7 nitrogen and oxygen atoms in total. The molecule has 2 aromatic heterocycles. The van der Waals surface area contributed by atoms with Crippen LogP contribution in [0.4, 0.5) is 0 Å². The Morgan fingerprint density at radius 3 is 2.78 bits per heavy atom. The van der Waals surface area contributed by atoms with Crippen LogP contribution in [-0.4, -0.2) is 26.4 Å². The van der Waals surface area contributed by atoms with Gasteiger partial charge in [-0.3, -0.25) is 19.8 Å². The van der Waals surface area contributed by atoms with Crippen molar-refractivity contribution in [1.82, 2.24) is 20.2 Å². The lowest BCUT2D eigenvalue weighted by Crippen LogP contribution is -2.31. The van der Waals surface area contributed by atoms with Gasteiger partial charge in [-0.25, -0.2) is 5.84 Å². The van der Waals surface area contributed by atoms with Gasteiger partial charge in [-0.05, 0) is 31.5 Å². The molecule has 0 unspecified atom stereocenters. The van der Waals surface area contributed by atoms with Crippen LogP contribution in [0.5, 0.6) is 0 Å². The minimum absolute atomic E-state index is 0.0826. The number of aromatic nitrogens is 3. The second-order valence-corrected chi connectivity index (χ2v) is 7.93. The molecule has 3 N–H and O–H groups in total. The van der Waals surface area contributed by atoms with Crippen molar-refractivity contribution in [3.63, 3.8) is 0 Å². The number of aryl methyl sites for hydroxylation is 1. The van der Waals surface area contributed by atoms with Gasteiger partial charge in [0.2, 0.25) is 5.91 Å². The van der Waals surface area contributed by atoms with E-state index in [1.165, 1.54) is 4.88 Å². The number of hydrogen-bond acceptors (Lipinski definition) is 6. The molecular formula is C18H17ClN6OS. The maximum atomic E-state index is 12.0. The lowest BCUT2D eigenvalue weighted by atomic mass is 9.99. The van der Waals surface area contributed by atoms with E-state index in [0.717, 1.165) is 27.4 Å². The first-order valence-corrected chi connectivity index (χ1v) is 9.53. The number of hydrazine groups is 1. The first-order chi connectivity index (χ1) is 13.0. The van der Waals surface area contributed by atoms with E-state index in [4.69, 9.17) is 22.4 Å². The summed E-state index contributed by atoms with van der Waals surface area (Å²) >= 11 is 7.72. The van der Waals surface area contributed by atoms with Crippen molar-refractivity contribution in [2.75, 3.05) is 0 Å². The monoisotopic (exact) mass is 400 g/mol. The van der Waals surface area contributed by atoms with Crippen LogP contribution in [0.2, 0.25) is 5.02 Å². The molecule has 0 fully saturated rings. The Morgan fingerprint density at radius 1 is 1.33 bits per heavy atom. The molecule has 9 heteroatoms. The quantitative estimate of drug-likeness (QED) is 0.401. The Kier molecular flexibility index (Phi) is 4.55. The molecule has 0 bridgehead atoms. The predicted molar refractivity (Wildman–Crippen MR) is 105 cm³/mol. The number of carbonyl (C=O) groups excluding carboxylic acids is 1. The molecule has 1 amide bonds. The van der Waals surface area contributed by atoms with E-state index < -0.39 is 6.04 Å². The number of halogens is 1. The standard InChI is InChI=1S/C18H17ClN6OS/c1-9-10(2)27-18-15(9)16(11-3-5-12(19)6-4-11)22-13(7-14(26)23-20)17-24-21-8-25(17)18/h3-6,8,13H,7,20H2,1-2H3,(H,23,26)/t13-/m1/s1. The van der Waals surface area contributed by atoms with E-state index in [1.54, 1.807) is 17.7 Å². The minimum Gasteiger partial charge on any atom is -0.294 e. The molecule has 138 valence electrons. The third kappa shape index (κ3) is 3.05. The van der Waals surface area contributed by atoms with Crippen LogP contribution in [0, 0.1) is 13.8 Å². The molecule has 4 rings (SSSR count). The van der Waals surface area contributed by atoms with Crippen LogP contribution < -0.4 is 11.3 Å². The van der Waals surface area contributed by atoms with Gasteiger partial charge in [0.1, 0.15) is 17.4 Å². The average Bonchev–Trinajstić information content (AvgIpc) is 3.22. The highest BCUT2D eigenvalue weighted by Crippen LogP contribution is 2.38. The van der Waals surface area contributed by atoms with E-state index in [9.17, 15) is 4.79 Å². The van der Waals surface area contributed by atoms with Gasteiger partial charge < -0.3 is 0 Å². The van der Waals surface area contributed by atoms with Gasteiger partial charge in [-0.1, -0.05) is 23.7 Å². The highest BCUT2D eigenvalue weighted by atomic mass is 35.5. The maximum Gasteiger partial charge on any atom is 0.236 e. The van der Waals surface area contributed by atoms with Crippen molar-refractivity contribution < 1.29 is 4.79 Å². The van der Waals surface area contributed by atoms with Crippen LogP contribution in [-0.2, 0) is 4.79 Å². The molecule has 3 aromatic rings. The third-order valence-corrected chi connectivity index (χ3v) is 6.10. The fourth-order valence-corrected chi connectivity index (χ4v) is 4.42. The zero-order chi connectivity index (χ0) is 19.1. The summed E-state index contributed by atoms with van der Waals surface area (Å²) in [6, 6.07) is 7.04. The van der Waals surface area contributed by atoms with Crippen LogP contribution >= 0.6 is 22.9 Å². The van der Waals surface area contributed by atoms with Gasteiger partial charge in [0.25, 0.3) is 0 Å². The number of nitrogens with zero attached hydrogens (tertiary/aromatic N) is 4. The van der Waals surface area contributed by atoms with Crippen LogP contribution in [0.25, 0.3) is 5.00 Å². The summed E-state index contributed by atoms with van der Waals surface area (Å²) in [5.74, 6) is 5.59. The van der Waals surface area contributed by atoms with Crippen LogP contribution in [0.3, 0.4) is 0 Å². The van der Waals surface area contributed by atoms with Gasteiger partial charge in [-0.2, -0.15) is 0 Å². The second-order valence-electron chi connectivity index (χ2n) is 6.29. The van der Waals surface area contributed by atoms with Gasteiger partial charge in [0.15, 0.2) is 5.82 Å². The number of nitrogens with one attached hydrogen (secondary N) is 1. The molecule has 27 heavy (non-hydrogen) atoms. The van der Waals surface area contributed by atoms with E-state index in [2.05, 4.69) is 29.5 Å². The highest BCUT2D eigenvalue weighted by Gasteiger charge is 2.30. The number of carbonyl (C=O) groups is 1. The molecule has 0 saturated carbocycles. The SMILES string of the molecule is Cc1sc2c(c1C)C(c1ccc(Cl)cc1)=N[C@H](CC(=O)NN)c1nncn1-2. The molecule has 1 atom stereocenters. The summed E-state index contributed by atoms with van der Waals surface area (Å²) < 4.78 is 1.92. The third-order valence-electron chi connectivity index (χ3n) is 4.64. The lowest BCUT2D eigenvalue weighted by Gasteiger charge is -2.11. The Balaban J connectivity index is 1.97. The second kappa shape index (κ2) is 6.88. The van der Waals surface area contributed by atoms with Crippen LogP contribution in [0.1, 0.15) is 39.9 Å².